The summed E-state index contributed by atoms with van der Waals surface area (Å²) in [5.41, 5.74) is 9.18. The fraction of sp³-hybridized carbons (Fsp3) is 0.333. The number of anilines is 1. The van der Waals surface area contributed by atoms with Crippen molar-refractivity contribution in [1.29, 1.82) is 0 Å². The highest BCUT2D eigenvalue weighted by atomic mass is 79.9. The van der Waals surface area contributed by atoms with Crippen LogP contribution in [0.5, 0.6) is 0 Å². The molecule has 2 heterocycles. The second kappa shape index (κ2) is 8.28. The zero-order valence-corrected chi connectivity index (χ0v) is 20.2. The SMILES string of the molecule is CCOC(=O)C1=C(N)N(c2ccc(Br)cc2)C2=C(C(=O)CC(C)(C)C2)C1c1cccs1. The maximum Gasteiger partial charge on any atom is 0.338 e. The molecule has 0 fully saturated rings. The van der Waals surface area contributed by atoms with E-state index in [1.54, 1.807) is 6.92 Å². The lowest BCUT2D eigenvalue weighted by Crippen LogP contribution is -2.43. The maximum absolute atomic E-state index is 13.5. The number of hydrogen-bond acceptors (Lipinski definition) is 6. The number of rotatable bonds is 4. The summed E-state index contributed by atoms with van der Waals surface area (Å²) in [5, 5.41) is 1.95. The summed E-state index contributed by atoms with van der Waals surface area (Å²) < 4.78 is 6.34. The molecule has 2 aromatic rings. The molecule has 5 nitrogen and oxygen atoms in total. The number of nitrogens with zero attached hydrogens (tertiary/aromatic N) is 1. The lowest BCUT2D eigenvalue weighted by Gasteiger charge is -2.44. The molecular weight excluding hydrogens is 476 g/mol. The molecule has 0 radical (unpaired) electrons. The van der Waals surface area contributed by atoms with E-state index in [1.807, 2.05) is 46.7 Å². The van der Waals surface area contributed by atoms with Crippen LogP contribution in [0.25, 0.3) is 0 Å². The van der Waals surface area contributed by atoms with Gasteiger partial charge in [0.15, 0.2) is 5.78 Å². The van der Waals surface area contributed by atoms with Crippen LogP contribution in [-0.2, 0) is 14.3 Å². The number of ketones is 1. The molecule has 1 aliphatic carbocycles. The first-order valence-corrected chi connectivity index (χ1v) is 11.9. The topological polar surface area (TPSA) is 72.6 Å². The van der Waals surface area contributed by atoms with E-state index >= 15 is 0 Å². The first kappa shape index (κ1) is 21.8. The molecule has 2 aliphatic rings. The first-order chi connectivity index (χ1) is 14.7. The second-order valence-corrected chi connectivity index (χ2v) is 10.5. The van der Waals surface area contributed by atoms with Crippen LogP contribution in [0.3, 0.4) is 0 Å². The summed E-state index contributed by atoms with van der Waals surface area (Å²) in [5.74, 6) is -0.612. The molecule has 1 aromatic heterocycles. The van der Waals surface area contributed by atoms with Gasteiger partial charge in [-0.3, -0.25) is 9.69 Å². The second-order valence-electron chi connectivity index (χ2n) is 8.58. The summed E-state index contributed by atoms with van der Waals surface area (Å²) in [6.07, 6.45) is 1.11. The number of thiophene rings is 1. The Morgan fingerprint density at radius 3 is 2.58 bits per heavy atom. The number of halogens is 1. The van der Waals surface area contributed by atoms with Gasteiger partial charge in [0.2, 0.25) is 0 Å². The van der Waals surface area contributed by atoms with Gasteiger partial charge in [-0.2, -0.15) is 0 Å². The zero-order valence-electron chi connectivity index (χ0n) is 17.8. The Kier molecular flexibility index (Phi) is 5.83. The Bertz CT molecular complexity index is 1080. The summed E-state index contributed by atoms with van der Waals surface area (Å²) in [7, 11) is 0. The van der Waals surface area contributed by atoms with Gasteiger partial charge >= 0.3 is 5.97 Å². The molecule has 1 atom stereocenters. The molecule has 31 heavy (non-hydrogen) atoms. The van der Waals surface area contributed by atoms with E-state index in [-0.39, 0.29) is 17.8 Å². The fourth-order valence-corrected chi connectivity index (χ4v) is 5.55. The van der Waals surface area contributed by atoms with E-state index in [1.165, 1.54) is 11.3 Å². The van der Waals surface area contributed by atoms with Crippen molar-refractivity contribution in [3.63, 3.8) is 0 Å². The normalized spacial score (nSPS) is 20.7. The van der Waals surface area contributed by atoms with Crippen LogP contribution in [0.4, 0.5) is 5.69 Å². The Balaban J connectivity index is 2.00. The fourth-order valence-electron chi connectivity index (χ4n) is 4.44. The van der Waals surface area contributed by atoms with Crippen molar-refractivity contribution in [2.24, 2.45) is 11.1 Å². The Labute approximate surface area is 194 Å². The molecule has 0 saturated carbocycles. The van der Waals surface area contributed by atoms with Crippen molar-refractivity contribution >= 4 is 44.7 Å². The highest BCUT2D eigenvalue weighted by Gasteiger charge is 2.46. The number of carbonyl (C=O) groups excluding carboxylic acids is 2. The van der Waals surface area contributed by atoms with Crippen molar-refractivity contribution in [3.05, 3.63) is 73.8 Å². The molecule has 7 heteroatoms. The first-order valence-electron chi connectivity index (χ1n) is 10.3. The van der Waals surface area contributed by atoms with Gasteiger partial charge in [-0.15, -0.1) is 11.3 Å². The highest BCUT2D eigenvalue weighted by molar-refractivity contribution is 9.10. The molecule has 0 spiro atoms. The average Bonchev–Trinajstić information content (AvgIpc) is 3.22. The number of hydrogen-bond donors (Lipinski definition) is 1. The van der Waals surface area contributed by atoms with Crippen LogP contribution in [0, 0.1) is 5.41 Å². The van der Waals surface area contributed by atoms with Crippen molar-refractivity contribution < 1.29 is 14.3 Å². The van der Waals surface area contributed by atoms with E-state index in [2.05, 4.69) is 29.8 Å². The summed E-state index contributed by atoms with van der Waals surface area (Å²) >= 11 is 4.99. The average molecular weight is 501 g/mol. The van der Waals surface area contributed by atoms with Crippen LogP contribution >= 0.6 is 27.3 Å². The number of esters is 1. The van der Waals surface area contributed by atoms with Crippen LogP contribution in [0.2, 0.25) is 0 Å². The van der Waals surface area contributed by atoms with Gasteiger partial charge in [0, 0.05) is 32.7 Å². The van der Waals surface area contributed by atoms with Crippen molar-refractivity contribution in [2.75, 3.05) is 11.5 Å². The van der Waals surface area contributed by atoms with Crippen LogP contribution in [0.1, 0.15) is 44.4 Å². The minimum atomic E-state index is -0.510. The lowest BCUT2D eigenvalue weighted by molar-refractivity contribution is -0.138. The van der Waals surface area contributed by atoms with E-state index in [9.17, 15) is 9.59 Å². The Morgan fingerprint density at radius 1 is 1.26 bits per heavy atom. The number of Topliss-reactive ketones (excluding diaryl/α,β-unsaturated/α-hetero) is 1. The molecule has 1 aromatic carbocycles. The van der Waals surface area contributed by atoms with Gasteiger partial charge in [0.25, 0.3) is 0 Å². The summed E-state index contributed by atoms with van der Waals surface area (Å²) in [6.45, 7) is 6.19. The molecule has 2 N–H and O–H groups in total. The number of carbonyl (C=O) groups is 2. The van der Waals surface area contributed by atoms with Crippen LogP contribution in [-0.4, -0.2) is 18.4 Å². The van der Waals surface area contributed by atoms with Crippen molar-refractivity contribution in [1.82, 2.24) is 0 Å². The zero-order chi connectivity index (χ0) is 22.3. The third kappa shape index (κ3) is 3.96. The maximum atomic E-state index is 13.5. The van der Waals surface area contributed by atoms with Gasteiger partial charge in [-0.05, 0) is 54.5 Å². The number of allylic oxidation sites excluding steroid dienone is 2. The Hall–Kier alpha value is -2.38. The monoisotopic (exact) mass is 500 g/mol. The quantitative estimate of drug-likeness (QED) is 0.561. The molecule has 162 valence electrons. The van der Waals surface area contributed by atoms with Gasteiger partial charge < -0.3 is 10.5 Å². The van der Waals surface area contributed by atoms with Gasteiger partial charge in [-0.25, -0.2) is 4.79 Å². The molecule has 1 unspecified atom stereocenters. The third-order valence-corrected chi connectivity index (χ3v) is 7.13. The van der Waals surface area contributed by atoms with Gasteiger partial charge in [0.05, 0.1) is 18.1 Å². The van der Waals surface area contributed by atoms with Gasteiger partial charge in [0.1, 0.15) is 5.82 Å². The minimum absolute atomic E-state index is 0.0565. The molecule has 1 aliphatic heterocycles. The molecule has 0 saturated heterocycles. The van der Waals surface area contributed by atoms with E-state index < -0.39 is 11.9 Å². The standard InChI is InChI=1S/C24H25BrN2O3S/c1-4-30-23(29)21-20(18-6-5-11-31-18)19-16(12-24(2,3)13-17(19)28)27(22(21)26)15-9-7-14(25)8-10-15/h5-11,20H,4,12-13,26H2,1-3H3. The Morgan fingerprint density at radius 2 is 1.97 bits per heavy atom. The number of ether oxygens (including phenoxy) is 1. The van der Waals surface area contributed by atoms with E-state index in [0.717, 1.165) is 20.7 Å². The highest BCUT2D eigenvalue weighted by Crippen LogP contribution is 2.51. The van der Waals surface area contributed by atoms with E-state index in [0.29, 0.717) is 29.8 Å². The third-order valence-electron chi connectivity index (χ3n) is 5.67. The molecule has 4 rings (SSSR count). The molecule has 0 amide bonds. The predicted octanol–water partition coefficient (Wildman–Crippen LogP) is 5.49. The predicted molar refractivity (Wildman–Crippen MR) is 127 cm³/mol. The summed E-state index contributed by atoms with van der Waals surface area (Å²) in [6, 6.07) is 11.6. The van der Waals surface area contributed by atoms with Crippen molar-refractivity contribution in [3.8, 4) is 0 Å². The van der Waals surface area contributed by atoms with Crippen LogP contribution < -0.4 is 10.6 Å². The number of nitrogens with two attached hydrogens (primary N) is 1. The summed E-state index contributed by atoms with van der Waals surface area (Å²) in [4.78, 5) is 29.4. The van der Waals surface area contributed by atoms with Gasteiger partial charge in [-0.1, -0.05) is 35.8 Å². The van der Waals surface area contributed by atoms with E-state index in [4.69, 9.17) is 10.5 Å². The largest absolute Gasteiger partial charge is 0.463 e. The van der Waals surface area contributed by atoms with Crippen LogP contribution in [0.15, 0.2) is 68.9 Å². The lowest BCUT2D eigenvalue weighted by atomic mass is 9.69. The molecule has 0 bridgehead atoms. The van der Waals surface area contributed by atoms with Crippen molar-refractivity contribution in [2.45, 2.75) is 39.5 Å². The minimum Gasteiger partial charge on any atom is -0.463 e. The molecular formula is C24H25BrN2O3S. The smallest absolute Gasteiger partial charge is 0.338 e. The number of benzene rings is 1.